The molecule has 0 aliphatic heterocycles. The fraction of sp³-hybridized carbons (Fsp3) is 0.222. The first-order valence-electron chi connectivity index (χ1n) is 7.74. The van der Waals surface area contributed by atoms with E-state index in [2.05, 4.69) is 9.97 Å². The average molecular weight is 356 g/mol. The fourth-order valence-corrected chi connectivity index (χ4v) is 3.63. The van der Waals surface area contributed by atoms with Crippen molar-refractivity contribution >= 4 is 33.3 Å². The zero-order valence-corrected chi connectivity index (χ0v) is 14.8. The van der Waals surface area contributed by atoms with Gasteiger partial charge in [0.2, 0.25) is 0 Å². The lowest BCUT2D eigenvalue weighted by Gasteiger charge is -2.03. The third-order valence-electron chi connectivity index (χ3n) is 3.80. The van der Waals surface area contributed by atoms with Gasteiger partial charge in [0.25, 0.3) is 5.56 Å². The number of H-pyrrole nitrogens is 1. The van der Waals surface area contributed by atoms with Crippen molar-refractivity contribution in [3.63, 3.8) is 0 Å². The lowest BCUT2D eigenvalue weighted by molar-refractivity contribution is 0.0531. The molecular weight excluding hydrogens is 340 g/mol. The van der Waals surface area contributed by atoms with Crippen molar-refractivity contribution in [2.24, 2.45) is 0 Å². The number of hydrogen-bond acceptors (Lipinski definition) is 6. The number of thiophene rings is 1. The maximum atomic E-state index is 12.5. The van der Waals surface area contributed by atoms with Gasteiger partial charge in [-0.1, -0.05) is 18.2 Å². The quantitative estimate of drug-likeness (QED) is 0.572. The summed E-state index contributed by atoms with van der Waals surface area (Å²) in [5, 5.41) is 0.388. The van der Waals surface area contributed by atoms with E-state index in [0.29, 0.717) is 37.6 Å². The second kappa shape index (κ2) is 6.60. The normalized spacial score (nSPS) is 10.8. The Morgan fingerprint density at radius 3 is 2.76 bits per heavy atom. The van der Waals surface area contributed by atoms with Crippen molar-refractivity contribution in [2.75, 3.05) is 6.61 Å². The fourth-order valence-electron chi connectivity index (χ4n) is 2.56. The molecule has 7 heteroatoms. The van der Waals surface area contributed by atoms with Gasteiger partial charge in [-0.15, -0.1) is 11.3 Å². The Balaban J connectivity index is 2.17. The predicted octanol–water partition coefficient (Wildman–Crippen LogP) is 3.34. The molecule has 0 fully saturated rings. The van der Waals surface area contributed by atoms with Gasteiger partial charge in [0.05, 0.1) is 12.0 Å². The number of benzene rings is 1. The minimum atomic E-state index is -0.456. The SMILES string of the molecule is CCOC(=O)c1sc2nc(-c3cccc(C(C)=O)c3)[nH]c(=O)c2c1C. The summed E-state index contributed by atoms with van der Waals surface area (Å²) in [7, 11) is 0. The van der Waals surface area contributed by atoms with E-state index in [-0.39, 0.29) is 17.9 Å². The van der Waals surface area contributed by atoms with Crippen molar-refractivity contribution in [2.45, 2.75) is 20.8 Å². The Morgan fingerprint density at radius 2 is 2.08 bits per heavy atom. The third kappa shape index (κ3) is 3.10. The summed E-state index contributed by atoms with van der Waals surface area (Å²) in [6.07, 6.45) is 0. The highest BCUT2D eigenvalue weighted by Crippen LogP contribution is 2.29. The van der Waals surface area contributed by atoms with Gasteiger partial charge >= 0.3 is 5.97 Å². The molecule has 1 aromatic carbocycles. The number of carbonyl (C=O) groups excluding carboxylic acids is 2. The average Bonchev–Trinajstić information content (AvgIpc) is 2.92. The minimum Gasteiger partial charge on any atom is -0.462 e. The van der Waals surface area contributed by atoms with E-state index in [0.717, 1.165) is 11.3 Å². The third-order valence-corrected chi connectivity index (χ3v) is 4.97. The van der Waals surface area contributed by atoms with Gasteiger partial charge in [-0.3, -0.25) is 9.59 Å². The number of rotatable bonds is 4. The molecule has 0 spiro atoms. The zero-order valence-electron chi connectivity index (χ0n) is 14.0. The highest BCUT2D eigenvalue weighted by Gasteiger charge is 2.20. The van der Waals surface area contributed by atoms with Gasteiger partial charge in [0, 0.05) is 11.1 Å². The topological polar surface area (TPSA) is 89.1 Å². The largest absolute Gasteiger partial charge is 0.462 e. The Kier molecular flexibility index (Phi) is 4.50. The number of aromatic amines is 1. The van der Waals surface area contributed by atoms with Crippen molar-refractivity contribution < 1.29 is 14.3 Å². The maximum Gasteiger partial charge on any atom is 0.348 e. The molecule has 25 heavy (non-hydrogen) atoms. The lowest BCUT2D eigenvalue weighted by Crippen LogP contribution is -2.10. The summed E-state index contributed by atoms with van der Waals surface area (Å²) in [5.74, 6) is -0.165. The molecule has 0 atom stereocenters. The number of carbonyl (C=O) groups is 2. The number of esters is 1. The maximum absolute atomic E-state index is 12.5. The number of Topliss-reactive ketones (excluding diaryl/α,β-unsaturated/α-hetero) is 1. The van der Waals surface area contributed by atoms with Crippen molar-refractivity contribution in [1.82, 2.24) is 9.97 Å². The number of fused-ring (bicyclic) bond motifs is 1. The van der Waals surface area contributed by atoms with E-state index < -0.39 is 5.97 Å². The first kappa shape index (κ1) is 17.0. The van der Waals surface area contributed by atoms with Crippen LogP contribution in [0.5, 0.6) is 0 Å². The molecule has 0 saturated heterocycles. The number of hydrogen-bond donors (Lipinski definition) is 1. The molecule has 6 nitrogen and oxygen atoms in total. The lowest BCUT2D eigenvalue weighted by atomic mass is 10.1. The Hall–Kier alpha value is -2.80. The van der Waals surface area contributed by atoms with Crippen LogP contribution in [0, 0.1) is 6.92 Å². The molecule has 3 aromatic rings. The van der Waals surface area contributed by atoms with Crippen LogP contribution in [0.4, 0.5) is 0 Å². The summed E-state index contributed by atoms with van der Waals surface area (Å²) in [5.41, 5.74) is 1.42. The van der Waals surface area contributed by atoms with Gasteiger partial charge < -0.3 is 9.72 Å². The zero-order chi connectivity index (χ0) is 18.1. The number of nitrogens with zero attached hydrogens (tertiary/aromatic N) is 1. The second-order valence-corrected chi connectivity index (χ2v) is 6.51. The summed E-state index contributed by atoms with van der Waals surface area (Å²) in [6.45, 7) is 5.18. The number of ether oxygens (including phenoxy) is 1. The van der Waals surface area contributed by atoms with Crippen LogP contribution in [-0.4, -0.2) is 28.3 Å². The van der Waals surface area contributed by atoms with E-state index in [9.17, 15) is 14.4 Å². The molecule has 2 aromatic heterocycles. The number of nitrogens with one attached hydrogen (secondary N) is 1. The van der Waals surface area contributed by atoms with E-state index in [4.69, 9.17) is 4.74 Å². The molecule has 0 amide bonds. The van der Waals surface area contributed by atoms with Crippen molar-refractivity contribution in [1.29, 1.82) is 0 Å². The molecule has 0 unspecified atom stereocenters. The number of aryl methyl sites for hydroxylation is 1. The Morgan fingerprint density at radius 1 is 1.32 bits per heavy atom. The van der Waals surface area contributed by atoms with Crippen LogP contribution < -0.4 is 5.56 Å². The van der Waals surface area contributed by atoms with Crippen LogP contribution in [0.15, 0.2) is 29.1 Å². The van der Waals surface area contributed by atoms with E-state index in [1.54, 1.807) is 38.1 Å². The first-order valence-corrected chi connectivity index (χ1v) is 8.56. The molecule has 1 N–H and O–H groups in total. The molecular formula is C18H16N2O4S. The van der Waals surface area contributed by atoms with Crippen molar-refractivity contribution in [3.8, 4) is 11.4 Å². The summed E-state index contributed by atoms with van der Waals surface area (Å²) >= 11 is 1.13. The van der Waals surface area contributed by atoms with Crippen molar-refractivity contribution in [3.05, 3.63) is 50.6 Å². The summed E-state index contributed by atoms with van der Waals surface area (Å²) < 4.78 is 5.03. The van der Waals surface area contributed by atoms with E-state index >= 15 is 0 Å². The molecule has 0 saturated carbocycles. The first-order chi connectivity index (χ1) is 11.9. The van der Waals surface area contributed by atoms with E-state index in [1.807, 2.05) is 0 Å². The van der Waals surface area contributed by atoms with Crippen LogP contribution in [0.25, 0.3) is 21.6 Å². The highest BCUT2D eigenvalue weighted by molar-refractivity contribution is 7.20. The van der Waals surface area contributed by atoms with Crippen LogP contribution in [0.1, 0.15) is 39.4 Å². The van der Waals surface area contributed by atoms with Gasteiger partial charge in [0.15, 0.2) is 5.78 Å². The highest BCUT2D eigenvalue weighted by atomic mass is 32.1. The molecule has 0 radical (unpaired) electrons. The number of ketones is 1. The molecule has 0 aliphatic carbocycles. The molecule has 0 bridgehead atoms. The predicted molar refractivity (Wildman–Crippen MR) is 96.4 cm³/mol. The molecule has 0 aliphatic rings. The van der Waals surface area contributed by atoms with Gasteiger partial charge in [0.1, 0.15) is 15.5 Å². The molecule has 3 rings (SSSR count). The van der Waals surface area contributed by atoms with Crippen LogP contribution >= 0.6 is 11.3 Å². The monoisotopic (exact) mass is 356 g/mol. The van der Waals surface area contributed by atoms with Gasteiger partial charge in [-0.25, -0.2) is 9.78 Å². The van der Waals surface area contributed by atoms with Crippen LogP contribution in [-0.2, 0) is 4.74 Å². The Bertz CT molecular complexity index is 1050. The van der Waals surface area contributed by atoms with Crippen LogP contribution in [0.2, 0.25) is 0 Å². The minimum absolute atomic E-state index is 0.0677. The Labute approximate surface area is 147 Å². The van der Waals surface area contributed by atoms with Crippen LogP contribution in [0.3, 0.4) is 0 Å². The van der Waals surface area contributed by atoms with Gasteiger partial charge in [-0.05, 0) is 32.4 Å². The summed E-state index contributed by atoms with van der Waals surface area (Å²) in [6, 6.07) is 6.89. The van der Waals surface area contributed by atoms with Gasteiger partial charge in [-0.2, -0.15) is 0 Å². The standard InChI is InChI=1S/C18H16N2O4S/c1-4-24-18(23)14-9(2)13-16(22)19-15(20-17(13)25-14)12-7-5-6-11(8-12)10(3)21/h5-8H,4H2,1-3H3,(H,19,20,22). The smallest absolute Gasteiger partial charge is 0.348 e. The number of aromatic nitrogens is 2. The summed E-state index contributed by atoms with van der Waals surface area (Å²) in [4.78, 5) is 44.1. The van der Waals surface area contributed by atoms with E-state index in [1.165, 1.54) is 6.92 Å². The second-order valence-electron chi connectivity index (χ2n) is 5.51. The molecule has 128 valence electrons. The molecule has 2 heterocycles.